The molecule has 0 saturated carbocycles. The molecule has 0 aliphatic carbocycles. The van der Waals surface area contributed by atoms with Crippen molar-refractivity contribution in [3.05, 3.63) is 22.5 Å². The van der Waals surface area contributed by atoms with Crippen LogP contribution in [0.25, 0.3) is 5.65 Å². The highest BCUT2D eigenvalue weighted by Gasteiger charge is 2.30. The summed E-state index contributed by atoms with van der Waals surface area (Å²) in [4.78, 5) is 25.9. The molecule has 2 aromatic rings. The maximum Gasteiger partial charge on any atom is 0.408 e. The molecule has 0 radical (unpaired) electrons. The first-order valence-corrected chi connectivity index (χ1v) is 4.47. The van der Waals surface area contributed by atoms with Gasteiger partial charge < -0.3 is 5.73 Å². The van der Waals surface area contributed by atoms with Gasteiger partial charge in [0.05, 0.1) is 0 Å². The van der Waals surface area contributed by atoms with Crippen LogP contribution in [0.2, 0.25) is 0 Å². The summed E-state index contributed by atoms with van der Waals surface area (Å²) in [7, 11) is 0. The van der Waals surface area contributed by atoms with Gasteiger partial charge in [-0.15, -0.1) is 5.10 Å². The smallest absolute Gasteiger partial charge is 0.364 e. The first-order valence-electron chi connectivity index (χ1n) is 4.47. The molecule has 0 spiro atoms. The topological polar surface area (TPSA) is 108 Å². The Morgan fingerprint density at radius 1 is 1.44 bits per heavy atom. The van der Waals surface area contributed by atoms with E-state index in [9.17, 15) is 22.8 Å². The summed E-state index contributed by atoms with van der Waals surface area (Å²) in [5.41, 5.74) is 3.21. The van der Waals surface area contributed by atoms with Crippen LogP contribution in [0.1, 0.15) is 10.5 Å². The van der Waals surface area contributed by atoms with E-state index in [1.54, 1.807) is 0 Å². The molecular formula is C7H5F3N6O2. The van der Waals surface area contributed by atoms with E-state index < -0.39 is 24.3 Å². The predicted octanol–water partition coefficient (Wildman–Crippen LogP) is -1.05. The van der Waals surface area contributed by atoms with Crippen LogP contribution in [0.4, 0.5) is 13.2 Å². The van der Waals surface area contributed by atoms with Crippen LogP contribution in [0.3, 0.4) is 0 Å². The number of carbonyl (C=O) groups excluding carboxylic acids is 1. The van der Waals surface area contributed by atoms with Crippen molar-refractivity contribution >= 4 is 11.6 Å². The van der Waals surface area contributed by atoms with Crippen LogP contribution in [-0.2, 0) is 6.54 Å². The van der Waals surface area contributed by atoms with E-state index in [1.807, 2.05) is 0 Å². The summed E-state index contributed by atoms with van der Waals surface area (Å²) < 4.78 is 37.2. The van der Waals surface area contributed by atoms with E-state index >= 15 is 0 Å². The number of carbonyl (C=O) groups is 1. The summed E-state index contributed by atoms with van der Waals surface area (Å²) in [6.45, 7) is -1.58. The second-order valence-corrected chi connectivity index (χ2v) is 3.30. The number of fused-ring (bicyclic) bond motifs is 1. The van der Waals surface area contributed by atoms with Crippen LogP contribution in [-0.4, -0.2) is 36.5 Å². The Bertz CT molecular complexity index is 672. The van der Waals surface area contributed by atoms with Crippen molar-refractivity contribution in [1.29, 1.82) is 0 Å². The molecule has 0 bridgehead atoms. The SMILES string of the molecule is NC(=O)c1ncn2c(=O)n(CC(F)(F)F)nnc12. The Morgan fingerprint density at radius 3 is 2.67 bits per heavy atom. The summed E-state index contributed by atoms with van der Waals surface area (Å²) >= 11 is 0. The van der Waals surface area contributed by atoms with Crippen molar-refractivity contribution in [3.8, 4) is 0 Å². The Hall–Kier alpha value is -2.46. The highest BCUT2D eigenvalue weighted by molar-refractivity contribution is 5.96. The van der Waals surface area contributed by atoms with Gasteiger partial charge in [0.25, 0.3) is 5.91 Å². The van der Waals surface area contributed by atoms with Crippen LogP contribution in [0.5, 0.6) is 0 Å². The molecule has 2 rings (SSSR count). The minimum atomic E-state index is -4.61. The summed E-state index contributed by atoms with van der Waals surface area (Å²) in [6.07, 6.45) is -3.75. The van der Waals surface area contributed by atoms with Crippen molar-refractivity contribution in [2.24, 2.45) is 5.73 Å². The summed E-state index contributed by atoms with van der Waals surface area (Å²) in [5.74, 6) is -0.959. The summed E-state index contributed by atoms with van der Waals surface area (Å²) in [5, 5.41) is 6.39. The Kier molecular flexibility index (Phi) is 2.52. The number of nitrogens with zero attached hydrogens (tertiary/aromatic N) is 5. The number of primary amides is 1. The van der Waals surface area contributed by atoms with Gasteiger partial charge in [-0.25, -0.2) is 14.2 Å². The molecule has 8 nitrogen and oxygen atoms in total. The molecule has 96 valence electrons. The third-order valence-electron chi connectivity index (χ3n) is 1.98. The Morgan fingerprint density at radius 2 is 2.11 bits per heavy atom. The fraction of sp³-hybridized carbons (Fsp3) is 0.286. The molecule has 0 saturated heterocycles. The molecule has 0 atom stereocenters. The molecule has 0 unspecified atom stereocenters. The average molecular weight is 262 g/mol. The lowest BCUT2D eigenvalue weighted by molar-refractivity contribution is -0.144. The second-order valence-electron chi connectivity index (χ2n) is 3.30. The standard InChI is InChI=1S/C7H5F3N6O2/c8-7(9,10)1-16-6(18)15-2-12-3(4(11)17)5(15)13-14-16/h2H,1H2,(H2,11,17). The zero-order chi connectivity index (χ0) is 13.5. The number of halogens is 3. The highest BCUT2D eigenvalue weighted by atomic mass is 19.4. The third kappa shape index (κ3) is 2.01. The zero-order valence-corrected chi connectivity index (χ0v) is 8.55. The van der Waals surface area contributed by atoms with Gasteiger partial charge in [-0.1, -0.05) is 5.21 Å². The van der Waals surface area contributed by atoms with Crippen molar-refractivity contribution < 1.29 is 18.0 Å². The number of hydrogen-bond donors (Lipinski definition) is 1. The number of nitrogens with two attached hydrogens (primary N) is 1. The summed E-state index contributed by atoms with van der Waals surface area (Å²) in [6, 6.07) is 0. The van der Waals surface area contributed by atoms with Crippen molar-refractivity contribution in [1.82, 2.24) is 24.4 Å². The number of amides is 1. The molecule has 1 amide bonds. The van der Waals surface area contributed by atoms with Gasteiger partial charge in [-0.2, -0.15) is 17.9 Å². The van der Waals surface area contributed by atoms with Crippen LogP contribution in [0, 0.1) is 0 Å². The maximum atomic E-state index is 12.1. The van der Waals surface area contributed by atoms with Crippen LogP contribution < -0.4 is 11.4 Å². The molecule has 2 aromatic heterocycles. The van der Waals surface area contributed by atoms with Gasteiger partial charge in [0, 0.05) is 0 Å². The molecule has 18 heavy (non-hydrogen) atoms. The van der Waals surface area contributed by atoms with Crippen molar-refractivity contribution in [2.75, 3.05) is 0 Å². The van der Waals surface area contributed by atoms with Gasteiger partial charge >= 0.3 is 11.9 Å². The molecule has 0 aliphatic heterocycles. The number of aromatic nitrogens is 5. The first kappa shape index (κ1) is 12.0. The molecule has 0 fully saturated rings. The molecule has 0 aromatic carbocycles. The van der Waals surface area contributed by atoms with E-state index in [2.05, 4.69) is 15.3 Å². The van der Waals surface area contributed by atoms with Gasteiger partial charge in [0.2, 0.25) is 0 Å². The van der Waals surface area contributed by atoms with E-state index in [0.717, 1.165) is 6.33 Å². The van der Waals surface area contributed by atoms with Gasteiger partial charge in [0.15, 0.2) is 11.3 Å². The lowest BCUT2D eigenvalue weighted by Crippen LogP contribution is -2.34. The van der Waals surface area contributed by atoms with Crippen molar-refractivity contribution in [2.45, 2.75) is 12.7 Å². The predicted molar refractivity (Wildman–Crippen MR) is 49.6 cm³/mol. The number of hydrogen-bond acceptors (Lipinski definition) is 5. The average Bonchev–Trinajstić information content (AvgIpc) is 2.64. The molecular weight excluding hydrogens is 257 g/mol. The third-order valence-corrected chi connectivity index (χ3v) is 1.98. The van der Waals surface area contributed by atoms with Gasteiger partial charge in [-0.3, -0.25) is 4.79 Å². The van der Waals surface area contributed by atoms with Crippen molar-refractivity contribution in [3.63, 3.8) is 0 Å². The normalized spacial score (nSPS) is 11.9. The van der Waals surface area contributed by atoms with E-state index in [0.29, 0.717) is 4.40 Å². The first-order chi connectivity index (χ1) is 8.29. The fourth-order valence-corrected chi connectivity index (χ4v) is 1.28. The molecule has 2 N–H and O–H groups in total. The van der Waals surface area contributed by atoms with E-state index in [1.165, 1.54) is 0 Å². The highest BCUT2D eigenvalue weighted by Crippen LogP contribution is 2.15. The largest absolute Gasteiger partial charge is 0.408 e. The number of rotatable bonds is 2. The monoisotopic (exact) mass is 262 g/mol. The van der Waals surface area contributed by atoms with Crippen LogP contribution >= 0.6 is 0 Å². The maximum absolute atomic E-state index is 12.1. The molecule has 11 heteroatoms. The fourth-order valence-electron chi connectivity index (χ4n) is 1.28. The number of imidazole rings is 1. The Balaban J connectivity index is 2.60. The minimum absolute atomic E-state index is 0.111. The van der Waals surface area contributed by atoms with Gasteiger partial charge in [0.1, 0.15) is 12.9 Å². The quantitative estimate of drug-likeness (QED) is 0.742. The second kappa shape index (κ2) is 3.78. The number of alkyl halides is 3. The Labute approximate surface area is 95.8 Å². The minimum Gasteiger partial charge on any atom is -0.364 e. The lowest BCUT2D eigenvalue weighted by Gasteiger charge is -2.06. The molecule has 2 heterocycles. The zero-order valence-electron chi connectivity index (χ0n) is 8.55. The molecule has 0 aliphatic rings. The van der Waals surface area contributed by atoms with E-state index in [-0.39, 0.29) is 16.0 Å². The van der Waals surface area contributed by atoms with Crippen LogP contribution in [0.15, 0.2) is 11.1 Å². The lowest BCUT2D eigenvalue weighted by atomic mass is 10.4. The van der Waals surface area contributed by atoms with Gasteiger partial charge in [-0.05, 0) is 0 Å². The van der Waals surface area contributed by atoms with E-state index in [4.69, 9.17) is 5.73 Å².